The molecule has 0 atom stereocenters. The summed E-state index contributed by atoms with van der Waals surface area (Å²) in [7, 11) is -2.48. The Morgan fingerprint density at radius 1 is 0.946 bits per heavy atom. The average molecular weight is 514 g/mol. The molecule has 0 saturated heterocycles. The van der Waals surface area contributed by atoms with Crippen molar-refractivity contribution in [3.05, 3.63) is 101 Å². The van der Waals surface area contributed by atoms with E-state index in [1.165, 1.54) is 23.8 Å². The Hall–Kier alpha value is -4.70. The number of nitrogens with one attached hydrogen (secondary N) is 1. The lowest BCUT2D eigenvalue weighted by molar-refractivity contribution is 0.400. The highest BCUT2D eigenvalue weighted by atomic mass is 32.2. The van der Waals surface area contributed by atoms with Gasteiger partial charge in [0, 0.05) is 11.8 Å². The number of methoxy groups -OCH3 is 1. The third-order valence-electron chi connectivity index (χ3n) is 5.86. The summed E-state index contributed by atoms with van der Waals surface area (Å²) < 4.78 is 35.2. The SMILES string of the molecule is COc1ncc(-c2ccc3nc(N)n(-c4ccccc4)c(=O)c3c2)cc1NS(=O)(=O)c1ccc(C)cc1. The Bertz CT molecular complexity index is 1780. The molecule has 186 valence electrons. The lowest BCUT2D eigenvalue weighted by Gasteiger charge is -2.14. The first-order chi connectivity index (χ1) is 17.8. The number of benzene rings is 3. The monoisotopic (exact) mass is 513 g/mol. The van der Waals surface area contributed by atoms with Crippen LogP contribution in [-0.2, 0) is 10.0 Å². The number of aromatic nitrogens is 3. The number of nitrogen functional groups attached to an aromatic ring is 1. The predicted octanol–water partition coefficient (Wildman–Crippen LogP) is 4.15. The van der Waals surface area contributed by atoms with Gasteiger partial charge in [0.05, 0.1) is 28.6 Å². The maximum Gasteiger partial charge on any atom is 0.267 e. The molecule has 9 nitrogen and oxygen atoms in total. The van der Waals surface area contributed by atoms with Gasteiger partial charge in [0.15, 0.2) is 0 Å². The first-order valence-electron chi connectivity index (χ1n) is 11.3. The molecule has 5 aromatic rings. The zero-order chi connectivity index (χ0) is 26.2. The number of sulfonamides is 1. The van der Waals surface area contributed by atoms with E-state index in [-0.39, 0.29) is 28.0 Å². The zero-order valence-corrected chi connectivity index (χ0v) is 20.9. The van der Waals surface area contributed by atoms with E-state index >= 15 is 0 Å². The van der Waals surface area contributed by atoms with Crippen LogP contribution in [0, 0.1) is 6.92 Å². The third kappa shape index (κ3) is 4.62. The number of nitrogens with zero attached hydrogens (tertiary/aromatic N) is 3. The highest BCUT2D eigenvalue weighted by Crippen LogP contribution is 2.31. The Morgan fingerprint density at radius 2 is 1.68 bits per heavy atom. The Balaban J connectivity index is 1.59. The minimum absolute atomic E-state index is 0.0790. The molecular formula is C27H23N5O4S. The topological polar surface area (TPSA) is 129 Å². The van der Waals surface area contributed by atoms with Crippen molar-refractivity contribution in [2.75, 3.05) is 17.6 Å². The normalized spacial score (nSPS) is 11.4. The second kappa shape index (κ2) is 9.40. The molecule has 2 aromatic heterocycles. The molecule has 0 aliphatic rings. The van der Waals surface area contributed by atoms with Crippen molar-refractivity contribution in [3.8, 4) is 22.7 Å². The number of fused-ring (bicyclic) bond motifs is 1. The smallest absolute Gasteiger partial charge is 0.267 e. The van der Waals surface area contributed by atoms with Crippen LogP contribution in [-0.4, -0.2) is 30.1 Å². The molecule has 0 amide bonds. The summed E-state index contributed by atoms with van der Waals surface area (Å²) in [6.07, 6.45) is 1.55. The Kier molecular flexibility index (Phi) is 6.10. The number of para-hydroxylation sites is 1. The number of nitrogens with two attached hydrogens (primary N) is 1. The summed E-state index contributed by atoms with van der Waals surface area (Å²) in [4.78, 5) is 22.2. The number of pyridine rings is 1. The largest absolute Gasteiger partial charge is 0.480 e. The quantitative estimate of drug-likeness (QED) is 0.349. The van der Waals surface area contributed by atoms with Crippen LogP contribution < -0.4 is 20.8 Å². The second-order valence-electron chi connectivity index (χ2n) is 8.38. The van der Waals surface area contributed by atoms with Gasteiger partial charge >= 0.3 is 0 Å². The maximum atomic E-state index is 13.4. The molecule has 0 spiro atoms. The molecule has 0 unspecified atom stereocenters. The number of hydrogen-bond donors (Lipinski definition) is 2. The first kappa shape index (κ1) is 24.0. The van der Waals surface area contributed by atoms with Gasteiger partial charge in [-0.1, -0.05) is 42.0 Å². The van der Waals surface area contributed by atoms with Gasteiger partial charge in [0.1, 0.15) is 5.69 Å². The molecule has 3 N–H and O–H groups in total. The van der Waals surface area contributed by atoms with Gasteiger partial charge < -0.3 is 10.5 Å². The lowest BCUT2D eigenvalue weighted by atomic mass is 10.0. The average Bonchev–Trinajstić information content (AvgIpc) is 2.89. The van der Waals surface area contributed by atoms with E-state index in [0.717, 1.165) is 5.56 Å². The fourth-order valence-corrected chi connectivity index (χ4v) is 5.02. The number of aryl methyl sites for hydroxylation is 1. The van der Waals surface area contributed by atoms with Crippen molar-refractivity contribution in [2.24, 2.45) is 0 Å². The molecule has 3 aromatic carbocycles. The highest BCUT2D eigenvalue weighted by Gasteiger charge is 2.19. The molecule has 2 heterocycles. The van der Waals surface area contributed by atoms with Gasteiger partial charge in [-0.15, -0.1) is 0 Å². The van der Waals surface area contributed by atoms with Gasteiger partial charge in [-0.05, 0) is 55.0 Å². The third-order valence-corrected chi connectivity index (χ3v) is 7.24. The highest BCUT2D eigenvalue weighted by molar-refractivity contribution is 7.92. The number of hydrogen-bond acceptors (Lipinski definition) is 7. The van der Waals surface area contributed by atoms with E-state index in [0.29, 0.717) is 27.7 Å². The maximum absolute atomic E-state index is 13.4. The summed E-state index contributed by atoms with van der Waals surface area (Å²) in [5.41, 5.74) is 9.15. The van der Waals surface area contributed by atoms with E-state index in [2.05, 4.69) is 14.7 Å². The van der Waals surface area contributed by atoms with Crippen LogP contribution in [0.3, 0.4) is 0 Å². The van der Waals surface area contributed by atoms with Gasteiger partial charge in [0.25, 0.3) is 15.6 Å². The van der Waals surface area contributed by atoms with E-state index in [4.69, 9.17) is 10.5 Å². The molecule has 0 aliphatic heterocycles. The van der Waals surface area contributed by atoms with E-state index in [9.17, 15) is 13.2 Å². The molecule has 0 bridgehead atoms. The number of anilines is 2. The summed E-state index contributed by atoms with van der Waals surface area (Å²) in [6, 6.07) is 22.3. The van der Waals surface area contributed by atoms with Crippen molar-refractivity contribution in [1.82, 2.24) is 14.5 Å². The molecule has 0 aliphatic carbocycles. The van der Waals surface area contributed by atoms with Crippen molar-refractivity contribution >= 4 is 32.6 Å². The molecule has 37 heavy (non-hydrogen) atoms. The van der Waals surface area contributed by atoms with Crippen LogP contribution in [0.5, 0.6) is 5.88 Å². The zero-order valence-electron chi connectivity index (χ0n) is 20.0. The molecule has 10 heteroatoms. The van der Waals surface area contributed by atoms with Crippen molar-refractivity contribution in [1.29, 1.82) is 0 Å². The standard InChI is InChI=1S/C27H23N5O4S/c1-17-8-11-21(12-9-17)37(34,35)31-24-15-19(16-29-25(24)36-2)18-10-13-23-22(14-18)26(33)32(27(28)30-23)20-6-4-3-5-7-20/h3-16,31H,1-2H3,(H2,28,30). The first-order valence-corrected chi connectivity index (χ1v) is 12.8. The fourth-order valence-electron chi connectivity index (χ4n) is 3.98. The molecule has 0 saturated carbocycles. The van der Waals surface area contributed by atoms with Crippen LogP contribution in [0.4, 0.5) is 11.6 Å². The predicted molar refractivity (Wildman–Crippen MR) is 144 cm³/mol. The number of ether oxygens (including phenoxy) is 1. The van der Waals surface area contributed by atoms with Crippen molar-refractivity contribution in [3.63, 3.8) is 0 Å². The minimum Gasteiger partial charge on any atom is -0.480 e. The summed E-state index contributed by atoms with van der Waals surface area (Å²) >= 11 is 0. The van der Waals surface area contributed by atoms with Gasteiger partial charge in [-0.3, -0.25) is 9.52 Å². The summed E-state index contributed by atoms with van der Waals surface area (Å²) in [5, 5.41) is 0.355. The second-order valence-corrected chi connectivity index (χ2v) is 10.1. The molecule has 0 fully saturated rings. The van der Waals surface area contributed by atoms with E-state index < -0.39 is 10.0 Å². The fraction of sp³-hybridized carbons (Fsp3) is 0.0741. The van der Waals surface area contributed by atoms with Crippen LogP contribution in [0.1, 0.15) is 5.56 Å². The van der Waals surface area contributed by atoms with Crippen LogP contribution in [0.15, 0.2) is 94.7 Å². The lowest BCUT2D eigenvalue weighted by Crippen LogP contribution is -2.23. The van der Waals surface area contributed by atoms with Crippen molar-refractivity contribution in [2.45, 2.75) is 11.8 Å². The Labute approximate surface area is 213 Å². The van der Waals surface area contributed by atoms with Crippen molar-refractivity contribution < 1.29 is 13.2 Å². The van der Waals surface area contributed by atoms with Gasteiger partial charge in [-0.2, -0.15) is 0 Å². The molecular weight excluding hydrogens is 490 g/mol. The van der Waals surface area contributed by atoms with Crippen LogP contribution >= 0.6 is 0 Å². The molecule has 0 radical (unpaired) electrons. The van der Waals surface area contributed by atoms with Gasteiger partial charge in [0.2, 0.25) is 11.8 Å². The summed E-state index contributed by atoms with van der Waals surface area (Å²) in [6.45, 7) is 1.88. The van der Waals surface area contributed by atoms with Crippen LogP contribution in [0.2, 0.25) is 0 Å². The number of rotatable bonds is 6. The van der Waals surface area contributed by atoms with E-state index in [1.807, 2.05) is 25.1 Å². The minimum atomic E-state index is -3.89. The van der Waals surface area contributed by atoms with Gasteiger partial charge in [-0.25, -0.2) is 23.0 Å². The molecule has 5 rings (SSSR count). The van der Waals surface area contributed by atoms with E-state index in [1.54, 1.807) is 54.7 Å². The Morgan fingerprint density at radius 3 is 2.38 bits per heavy atom. The summed E-state index contributed by atoms with van der Waals surface area (Å²) in [5.74, 6) is 0.191. The van der Waals surface area contributed by atoms with Crippen LogP contribution in [0.25, 0.3) is 27.7 Å².